The first-order valence-corrected chi connectivity index (χ1v) is 8.24. The van der Waals surface area contributed by atoms with E-state index in [0.29, 0.717) is 0 Å². The Labute approximate surface area is 122 Å². The van der Waals surface area contributed by atoms with Crippen molar-refractivity contribution in [2.45, 2.75) is 70.4 Å². The maximum Gasteiger partial charge on any atom is 0.223 e. The minimum absolute atomic E-state index is 0.162. The molecule has 0 unspecified atom stereocenters. The minimum atomic E-state index is -0.467. The van der Waals surface area contributed by atoms with E-state index in [2.05, 4.69) is 10.2 Å². The second-order valence-corrected chi connectivity index (χ2v) is 7.00. The Balaban J connectivity index is 1.75. The van der Waals surface area contributed by atoms with Crippen LogP contribution in [0.1, 0.15) is 58.8 Å². The molecule has 1 amide bonds. The van der Waals surface area contributed by atoms with Gasteiger partial charge in [-0.25, -0.2) is 0 Å². The topological polar surface area (TPSA) is 52.6 Å². The van der Waals surface area contributed by atoms with Crippen LogP contribution in [-0.2, 0) is 4.79 Å². The summed E-state index contributed by atoms with van der Waals surface area (Å²) in [5.74, 6) is 0.366. The zero-order chi connectivity index (χ0) is 14.6. The number of likely N-dealkylation sites (tertiary alicyclic amines) is 1. The molecule has 0 aromatic rings. The zero-order valence-corrected chi connectivity index (χ0v) is 13.0. The Kier molecular flexibility index (Phi) is 5.44. The molecule has 2 N–H and O–H groups in total. The van der Waals surface area contributed by atoms with Gasteiger partial charge in [0.15, 0.2) is 0 Å². The number of hydrogen-bond acceptors (Lipinski definition) is 3. The highest BCUT2D eigenvalue weighted by Gasteiger charge is 2.33. The van der Waals surface area contributed by atoms with E-state index in [1.165, 1.54) is 6.42 Å². The van der Waals surface area contributed by atoms with E-state index in [1.54, 1.807) is 0 Å². The summed E-state index contributed by atoms with van der Waals surface area (Å²) in [6.45, 7) is 6.69. The second-order valence-electron chi connectivity index (χ2n) is 7.00. The Morgan fingerprint density at radius 1 is 1.25 bits per heavy atom. The summed E-state index contributed by atoms with van der Waals surface area (Å²) in [4.78, 5) is 14.3. The largest absolute Gasteiger partial charge is 0.389 e. The number of hydrogen-bond donors (Lipinski definition) is 2. The summed E-state index contributed by atoms with van der Waals surface area (Å²) in [5.41, 5.74) is -0.467. The lowest BCUT2D eigenvalue weighted by Gasteiger charge is -2.39. The summed E-state index contributed by atoms with van der Waals surface area (Å²) < 4.78 is 0. The maximum absolute atomic E-state index is 12.0. The number of aliphatic hydroxyl groups is 1. The van der Waals surface area contributed by atoms with Crippen LogP contribution in [0.15, 0.2) is 0 Å². The molecule has 2 aliphatic rings. The van der Waals surface area contributed by atoms with Crippen LogP contribution in [0, 0.1) is 5.92 Å². The van der Waals surface area contributed by atoms with Gasteiger partial charge in [-0.05, 0) is 52.6 Å². The molecule has 116 valence electrons. The van der Waals surface area contributed by atoms with Gasteiger partial charge in [-0.2, -0.15) is 0 Å². The van der Waals surface area contributed by atoms with Crippen molar-refractivity contribution in [2.24, 2.45) is 5.92 Å². The second kappa shape index (κ2) is 6.90. The summed E-state index contributed by atoms with van der Waals surface area (Å²) in [6, 6.07) is 0.225. The summed E-state index contributed by atoms with van der Waals surface area (Å²) in [5, 5.41) is 13.6. The Morgan fingerprint density at radius 3 is 2.40 bits per heavy atom. The molecule has 4 nitrogen and oxygen atoms in total. The molecule has 0 bridgehead atoms. The van der Waals surface area contributed by atoms with Crippen molar-refractivity contribution in [1.82, 2.24) is 10.2 Å². The molecule has 1 aliphatic heterocycles. The van der Waals surface area contributed by atoms with Crippen LogP contribution in [0.3, 0.4) is 0 Å². The van der Waals surface area contributed by atoms with Gasteiger partial charge in [0, 0.05) is 18.5 Å². The predicted octanol–water partition coefficient (Wildman–Crippen LogP) is 1.92. The van der Waals surface area contributed by atoms with Crippen molar-refractivity contribution in [3.63, 3.8) is 0 Å². The fourth-order valence-corrected chi connectivity index (χ4v) is 3.54. The highest BCUT2D eigenvalue weighted by atomic mass is 16.3. The van der Waals surface area contributed by atoms with Crippen molar-refractivity contribution in [3.05, 3.63) is 0 Å². The molecule has 1 saturated heterocycles. The van der Waals surface area contributed by atoms with E-state index < -0.39 is 5.60 Å². The number of piperidine rings is 1. The van der Waals surface area contributed by atoms with E-state index in [4.69, 9.17) is 0 Å². The minimum Gasteiger partial charge on any atom is -0.389 e. The zero-order valence-electron chi connectivity index (χ0n) is 13.0. The van der Waals surface area contributed by atoms with Gasteiger partial charge in [0.1, 0.15) is 0 Å². The van der Waals surface area contributed by atoms with Gasteiger partial charge in [0.25, 0.3) is 0 Å². The van der Waals surface area contributed by atoms with Crippen molar-refractivity contribution in [3.8, 4) is 0 Å². The van der Waals surface area contributed by atoms with Gasteiger partial charge >= 0.3 is 0 Å². The van der Waals surface area contributed by atoms with Crippen LogP contribution in [0.5, 0.6) is 0 Å². The average Bonchev–Trinajstić information content (AvgIpc) is 2.39. The quantitative estimate of drug-likeness (QED) is 0.828. The van der Waals surface area contributed by atoms with Crippen LogP contribution < -0.4 is 5.32 Å². The third kappa shape index (κ3) is 4.45. The van der Waals surface area contributed by atoms with Gasteiger partial charge in [-0.3, -0.25) is 4.79 Å². The summed E-state index contributed by atoms with van der Waals surface area (Å²) >= 11 is 0. The molecule has 0 aromatic carbocycles. The highest BCUT2D eigenvalue weighted by Crippen LogP contribution is 2.30. The number of amides is 1. The van der Waals surface area contributed by atoms with Gasteiger partial charge < -0.3 is 15.3 Å². The fourth-order valence-electron chi connectivity index (χ4n) is 3.54. The summed E-state index contributed by atoms with van der Waals surface area (Å²) in [6.07, 6.45) is 7.32. The molecule has 4 heteroatoms. The number of nitrogens with zero attached hydrogens (tertiary/aromatic N) is 1. The number of β-amino-alcohol motifs (C(OH)–C–C–N with tert-alkyl or cyclic N) is 1. The van der Waals surface area contributed by atoms with E-state index in [0.717, 1.165) is 58.2 Å². The molecule has 0 radical (unpaired) electrons. The Morgan fingerprint density at radius 2 is 1.85 bits per heavy atom. The molecule has 2 fully saturated rings. The number of carbonyl (C=O) groups is 1. The van der Waals surface area contributed by atoms with Crippen LogP contribution in [-0.4, -0.2) is 47.2 Å². The predicted molar refractivity (Wildman–Crippen MR) is 80.5 cm³/mol. The van der Waals surface area contributed by atoms with Crippen molar-refractivity contribution < 1.29 is 9.90 Å². The number of nitrogens with one attached hydrogen (secondary N) is 1. The third-order valence-electron chi connectivity index (χ3n) is 4.69. The van der Waals surface area contributed by atoms with E-state index in [9.17, 15) is 9.90 Å². The first-order valence-electron chi connectivity index (χ1n) is 8.24. The molecular weight excluding hydrogens is 252 g/mol. The van der Waals surface area contributed by atoms with Crippen LogP contribution >= 0.6 is 0 Å². The van der Waals surface area contributed by atoms with E-state index in [1.807, 2.05) is 13.8 Å². The first kappa shape index (κ1) is 15.8. The van der Waals surface area contributed by atoms with E-state index in [-0.39, 0.29) is 17.9 Å². The van der Waals surface area contributed by atoms with Crippen LogP contribution in [0.4, 0.5) is 0 Å². The molecular formula is C16H30N2O2. The molecule has 0 atom stereocenters. The lowest BCUT2D eigenvalue weighted by molar-refractivity contribution is -0.127. The van der Waals surface area contributed by atoms with Gasteiger partial charge in [-0.15, -0.1) is 0 Å². The number of carbonyl (C=O) groups excluding carboxylic acids is 1. The van der Waals surface area contributed by atoms with Crippen molar-refractivity contribution >= 4 is 5.91 Å². The van der Waals surface area contributed by atoms with Crippen molar-refractivity contribution in [1.29, 1.82) is 0 Å². The maximum atomic E-state index is 12.0. The molecule has 20 heavy (non-hydrogen) atoms. The number of rotatable bonds is 4. The Hall–Kier alpha value is -0.610. The highest BCUT2D eigenvalue weighted by molar-refractivity contribution is 5.78. The molecule has 0 aromatic heterocycles. The van der Waals surface area contributed by atoms with Gasteiger partial charge in [-0.1, -0.05) is 19.3 Å². The van der Waals surface area contributed by atoms with Gasteiger partial charge in [0.2, 0.25) is 5.91 Å². The SMILES string of the molecule is CC(C)NC(=O)C1CCN(CC2(O)CCCCC2)CC1. The first-order chi connectivity index (χ1) is 9.48. The molecule has 2 rings (SSSR count). The third-order valence-corrected chi connectivity index (χ3v) is 4.69. The van der Waals surface area contributed by atoms with E-state index >= 15 is 0 Å². The lowest BCUT2D eigenvalue weighted by Crippen LogP contribution is -2.49. The lowest BCUT2D eigenvalue weighted by atomic mass is 9.83. The molecule has 0 spiro atoms. The van der Waals surface area contributed by atoms with Gasteiger partial charge in [0.05, 0.1) is 5.60 Å². The molecule has 1 heterocycles. The molecule has 1 aliphatic carbocycles. The average molecular weight is 282 g/mol. The Bertz CT molecular complexity index is 316. The van der Waals surface area contributed by atoms with Crippen molar-refractivity contribution in [2.75, 3.05) is 19.6 Å². The smallest absolute Gasteiger partial charge is 0.223 e. The standard InChI is InChI=1S/C16H30N2O2/c1-13(2)17-15(19)14-6-10-18(11-7-14)12-16(20)8-4-3-5-9-16/h13-14,20H,3-12H2,1-2H3,(H,17,19). The van der Waals surface area contributed by atoms with Crippen LogP contribution in [0.25, 0.3) is 0 Å². The monoisotopic (exact) mass is 282 g/mol. The fraction of sp³-hybridized carbons (Fsp3) is 0.938. The molecule has 1 saturated carbocycles. The van der Waals surface area contributed by atoms with Crippen LogP contribution in [0.2, 0.25) is 0 Å². The normalized spacial score (nSPS) is 24.8. The summed E-state index contributed by atoms with van der Waals surface area (Å²) in [7, 11) is 0.